The molecule has 1 aromatic heterocycles. The highest BCUT2D eigenvalue weighted by Crippen LogP contribution is 2.39. The third kappa shape index (κ3) is 4.03. The van der Waals surface area contributed by atoms with Gasteiger partial charge in [-0.15, -0.1) is 10.2 Å². The van der Waals surface area contributed by atoms with Crippen molar-refractivity contribution >= 4 is 29.0 Å². The van der Waals surface area contributed by atoms with Gasteiger partial charge in [-0.1, -0.05) is 11.8 Å². The van der Waals surface area contributed by atoms with Crippen molar-refractivity contribution < 1.29 is 4.79 Å². The largest absolute Gasteiger partial charge is 0.372 e. The van der Waals surface area contributed by atoms with Gasteiger partial charge in [-0.3, -0.25) is 4.79 Å². The van der Waals surface area contributed by atoms with E-state index in [4.69, 9.17) is 0 Å². The van der Waals surface area contributed by atoms with Crippen LogP contribution in [-0.2, 0) is 11.8 Å². The predicted octanol–water partition coefficient (Wildman–Crippen LogP) is 3.41. The van der Waals surface area contributed by atoms with Crippen LogP contribution in [-0.4, -0.2) is 39.5 Å². The van der Waals surface area contributed by atoms with Crippen LogP contribution < -0.4 is 10.2 Å². The number of hydrogen-bond donors (Lipinski definition) is 1. The number of anilines is 2. The van der Waals surface area contributed by atoms with E-state index in [9.17, 15) is 4.79 Å². The lowest BCUT2D eigenvalue weighted by molar-refractivity contribution is -0.113. The van der Waals surface area contributed by atoms with E-state index in [0.29, 0.717) is 11.7 Å². The zero-order valence-electron chi connectivity index (χ0n) is 15.1. The normalized spacial score (nSPS) is 17.3. The summed E-state index contributed by atoms with van der Waals surface area (Å²) in [5.74, 6) is 1.93. The van der Waals surface area contributed by atoms with Crippen molar-refractivity contribution in [2.24, 2.45) is 7.05 Å². The van der Waals surface area contributed by atoms with Gasteiger partial charge in [0.1, 0.15) is 5.82 Å². The maximum Gasteiger partial charge on any atom is 0.234 e. The monoisotopic (exact) mass is 371 g/mol. The molecular formula is C19H25N5OS. The van der Waals surface area contributed by atoms with Gasteiger partial charge in [-0.2, -0.15) is 0 Å². The number of nitrogens with one attached hydrogen (secondary N) is 1. The fourth-order valence-corrected chi connectivity index (χ4v) is 4.10. The zero-order valence-corrected chi connectivity index (χ0v) is 16.0. The summed E-state index contributed by atoms with van der Waals surface area (Å²) >= 11 is 1.44. The van der Waals surface area contributed by atoms with Crippen LogP contribution in [0.1, 0.15) is 43.8 Å². The number of rotatable bonds is 6. The highest BCUT2D eigenvalue weighted by molar-refractivity contribution is 7.99. The Bertz CT molecular complexity index is 763. The first-order valence-corrected chi connectivity index (χ1v) is 10.4. The third-order valence-electron chi connectivity index (χ3n) is 5.02. The van der Waals surface area contributed by atoms with Crippen molar-refractivity contribution in [1.82, 2.24) is 14.8 Å². The van der Waals surface area contributed by atoms with E-state index in [0.717, 1.165) is 29.8 Å². The Morgan fingerprint density at radius 2 is 1.88 bits per heavy atom. The van der Waals surface area contributed by atoms with Crippen molar-refractivity contribution in [2.45, 2.75) is 43.2 Å². The van der Waals surface area contributed by atoms with Gasteiger partial charge in [0.25, 0.3) is 0 Å². The SMILES string of the molecule is Cn1c(SCC(=O)Nc2ccc(N3CCCCC3)cc2)nnc1C1CC1. The third-order valence-corrected chi connectivity index (χ3v) is 6.04. The summed E-state index contributed by atoms with van der Waals surface area (Å²) in [5.41, 5.74) is 2.08. The van der Waals surface area contributed by atoms with Crippen LogP contribution in [0.3, 0.4) is 0 Å². The van der Waals surface area contributed by atoms with E-state index in [1.807, 2.05) is 23.7 Å². The number of thioether (sulfide) groups is 1. The number of amides is 1. The summed E-state index contributed by atoms with van der Waals surface area (Å²) in [6.07, 6.45) is 6.26. The molecule has 2 heterocycles. The molecule has 1 N–H and O–H groups in total. The quantitative estimate of drug-likeness (QED) is 0.789. The van der Waals surface area contributed by atoms with Gasteiger partial charge in [-0.05, 0) is 56.4 Å². The fourth-order valence-electron chi connectivity index (χ4n) is 3.38. The molecule has 1 aliphatic heterocycles. The van der Waals surface area contributed by atoms with Crippen molar-refractivity contribution in [3.8, 4) is 0 Å². The Balaban J connectivity index is 1.29. The Kier molecular flexibility index (Phi) is 5.15. The van der Waals surface area contributed by atoms with E-state index in [-0.39, 0.29) is 5.91 Å². The molecular weight excluding hydrogens is 346 g/mol. The minimum absolute atomic E-state index is 0.0169. The molecule has 1 aromatic carbocycles. The molecule has 26 heavy (non-hydrogen) atoms. The highest BCUT2D eigenvalue weighted by atomic mass is 32.2. The number of nitrogens with zero attached hydrogens (tertiary/aromatic N) is 4. The lowest BCUT2D eigenvalue weighted by Crippen LogP contribution is -2.29. The number of benzene rings is 1. The Morgan fingerprint density at radius 3 is 2.58 bits per heavy atom. The maximum absolute atomic E-state index is 12.2. The number of piperidine rings is 1. The van der Waals surface area contributed by atoms with Gasteiger partial charge in [0.15, 0.2) is 5.16 Å². The van der Waals surface area contributed by atoms with Crippen molar-refractivity contribution in [3.63, 3.8) is 0 Å². The number of aromatic nitrogens is 3. The molecule has 6 nitrogen and oxygen atoms in total. The van der Waals surface area contributed by atoms with Crippen molar-refractivity contribution in [1.29, 1.82) is 0 Å². The Hall–Kier alpha value is -2.02. The molecule has 0 bridgehead atoms. The average molecular weight is 372 g/mol. The molecule has 0 radical (unpaired) electrons. The van der Waals surface area contributed by atoms with Crippen LogP contribution >= 0.6 is 11.8 Å². The number of carbonyl (C=O) groups is 1. The summed E-state index contributed by atoms with van der Waals surface area (Å²) < 4.78 is 2.02. The van der Waals surface area contributed by atoms with Gasteiger partial charge in [0.2, 0.25) is 5.91 Å². The first-order valence-electron chi connectivity index (χ1n) is 9.37. The molecule has 2 aromatic rings. The minimum atomic E-state index is -0.0169. The second-order valence-electron chi connectivity index (χ2n) is 7.11. The first kappa shape index (κ1) is 17.4. The maximum atomic E-state index is 12.2. The Morgan fingerprint density at radius 1 is 1.15 bits per heavy atom. The fraction of sp³-hybridized carbons (Fsp3) is 0.526. The summed E-state index contributed by atoms with van der Waals surface area (Å²) in [6, 6.07) is 8.16. The molecule has 7 heteroatoms. The Labute approximate surface area is 158 Å². The molecule has 1 saturated heterocycles. The van der Waals surface area contributed by atoms with Crippen molar-refractivity contribution in [2.75, 3.05) is 29.1 Å². The molecule has 0 atom stereocenters. The molecule has 0 unspecified atom stereocenters. The second kappa shape index (κ2) is 7.70. The zero-order chi connectivity index (χ0) is 17.9. The molecule has 138 valence electrons. The highest BCUT2D eigenvalue weighted by Gasteiger charge is 2.29. The topological polar surface area (TPSA) is 63.1 Å². The van der Waals surface area contributed by atoms with Gasteiger partial charge in [0, 0.05) is 37.4 Å². The van der Waals surface area contributed by atoms with Crippen LogP contribution in [0, 0.1) is 0 Å². The standard InChI is InChI=1S/C19H25N5OS/c1-23-18(14-5-6-14)21-22-19(23)26-13-17(25)20-15-7-9-16(10-8-15)24-11-3-2-4-12-24/h7-10,14H,2-6,11-13H2,1H3,(H,20,25). The molecule has 2 aliphatic rings. The summed E-state index contributed by atoms with van der Waals surface area (Å²) in [4.78, 5) is 14.7. The summed E-state index contributed by atoms with van der Waals surface area (Å²) in [7, 11) is 1.98. The van der Waals surface area contributed by atoms with E-state index in [1.54, 1.807) is 0 Å². The van der Waals surface area contributed by atoms with Crippen LogP contribution in [0.15, 0.2) is 29.4 Å². The van der Waals surface area contributed by atoms with E-state index < -0.39 is 0 Å². The lowest BCUT2D eigenvalue weighted by Gasteiger charge is -2.28. The van der Waals surface area contributed by atoms with Crippen LogP contribution in [0.2, 0.25) is 0 Å². The van der Waals surface area contributed by atoms with Crippen molar-refractivity contribution in [3.05, 3.63) is 30.1 Å². The average Bonchev–Trinajstić information content (AvgIpc) is 3.45. The van der Waals surface area contributed by atoms with Gasteiger partial charge in [-0.25, -0.2) is 0 Å². The van der Waals surface area contributed by atoms with Gasteiger partial charge in [0.05, 0.1) is 5.75 Å². The minimum Gasteiger partial charge on any atom is -0.372 e. The van der Waals surface area contributed by atoms with Crippen LogP contribution in [0.25, 0.3) is 0 Å². The van der Waals surface area contributed by atoms with Crippen LogP contribution in [0.4, 0.5) is 11.4 Å². The summed E-state index contributed by atoms with van der Waals surface area (Å²) in [6.45, 7) is 2.26. The first-order chi connectivity index (χ1) is 12.7. The molecule has 2 fully saturated rings. The molecule has 1 amide bonds. The predicted molar refractivity (Wildman–Crippen MR) is 105 cm³/mol. The van der Waals surface area contributed by atoms with E-state index >= 15 is 0 Å². The van der Waals surface area contributed by atoms with E-state index in [2.05, 4.69) is 32.5 Å². The van der Waals surface area contributed by atoms with Gasteiger partial charge >= 0.3 is 0 Å². The summed E-state index contributed by atoms with van der Waals surface area (Å²) in [5, 5.41) is 12.2. The van der Waals surface area contributed by atoms with Gasteiger partial charge < -0.3 is 14.8 Å². The second-order valence-corrected chi connectivity index (χ2v) is 8.05. The molecule has 1 saturated carbocycles. The number of carbonyl (C=O) groups excluding carboxylic acids is 1. The smallest absolute Gasteiger partial charge is 0.234 e. The van der Waals surface area contributed by atoms with Crippen LogP contribution in [0.5, 0.6) is 0 Å². The van der Waals surface area contributed by atoms with E-state index in [1.165, 1.54) is 49.6 Å². The molecule has 4 rings (SSSR count). The molecule has 1 aliphatic carbocycles. The lowest BCUT2D eigenvalue weighted by atomic mass is 10.1. The number of hydrogen-bond acceptors (Lipinski definition) is 5. The molecule has 0 spiro atoms.